The minimum absolute atomic E-state index is 0.157. The highest BCUT2D eigenvalue weighted by Gasteiger charge is 2.16. The Hall–Kier alpha value is -4.86. The molecule has 0 aliphatic heterocycles. The summed E-state index contributed by atoms with van der Waals surface area (Å²) >= 11 is 12.0. The molecule has 0 radical (unpaired) electrons. The first kappa shape index (κ1) is 30.1. The van der Waals surface area contributed by atoms with Gasteiger partial charge in [0.2, 0.25) is 0 Å². The minimum Gasteiger partial charge on any atom is -0.497 e. The molecule has 4 rings (SSSR count). The number of ether oxygens (including phenoxy) is 3. The molecule has 42 heavy (non-hydrogen) atoms. The number of carbonyl (C=O) groups excluding carboxylic acids is 3. The number of halogens is 2. The van der Waals surface area contributed by atoms with Gasteiger partial charge in [0.1, 0.15) is 5.75 Å². The molecule has 0 saturated carbocycles. The molecule has 0 heterocycles. The first-order chi connectivity index (χ1) is 20.3. The highest BCUT2D eigenvalue weighted by Crippen LogP contribution is 2.30. The van der Waals surface area contributed by atoms with E-state index in [1.165, 1.54) is 24.4 Å². The van der Waals surface area contributed by atoms with E-state index < -0.39 is 11.9 Å². The summed E-state index contributed by atoms with van der Waals surface area (Å²) in [5.74, 6) is -0.266. The molecule has 4 aromatic carbocycles. The van der Waals surface area contributed by atoms with Crippen molar-refractivity contribution in [2.75, 3.05) is 19.0 Å². The van der Waals surface area contributed by atoms with Crippen LogP contribution in [0.1, 0.15) is 43.6 Å². The fourth-order valence-electron chi connectivity index (χ4n) is 3.65. The van der Waals surface area contributed by atoms with Crippen LogP contribution in [0.5, 0.6) is 17.2 Å². The van der Waals surface area contributed by atoms with E-state index in [0.29, 0.717) is 45.5 Å². The number of esters is 1. The topological polar surface area (TPSA) is 115 Å². The number of rotatable bonds is 10. The third kappa shape index (κ3) is 7.87. The fourth-order valence-corrected chi connectivity index (χ4v) is 4.13. The lowest BCUT2D eigenvalue weighted by Crippen LogP contribution is -2.18. The number of carbonyl (C=O) groups is 3. The van der Waals surface area contributed by atoms with Crippen LogP contribution in [0.2, 0.25) is 10.0 Å². The van der Waals surface area contributed by atoms with Gasteiger partial charge in [0.15, 0.2) is 11.5 Å². The summed E-state index contributed by atoms with van der Waals surface area (Å²) in [6.07, 6.45) is 1.42. The van der Waals surface area contributed by atoms with Gasteiger partial charge in [0.05, 0.1) is 30.5 Å². The molecule has 4 aromatic rings. The van der Waals surface area contributed by atoms with Crippen molar-refractivity contribution in [2.24, 2.45) is 5.10 Å². The van der Waals surface area contributed by atoms with Gasteiger partial charge in [-0.05, 0) is 97.4 Å². The molecule has 9 nitrogen and oxygen atoms in total. The summed E-state index contributed by atoms with van der Waals surface area (Å²) in [5, 5.41) is 7.34. The first-order valence-corrected chi connectivity index (χ1v) is 13.4. The third-order valence-electron chi connectivity index (χ3n) is 5.76. The number of methoxy groups -OCH3 is 1. The van der Waals surface area contributed by atoms with Crippen LogP contribution < -0.4 is 25.0 Å². The summed E-state index contributed by atoms with van der Waals surface area (Å²) < 4.78 is 16.2. The fraction of sp³-hybridized carbons (Fsp3) is 0.0968. The average Bonchev–Trinajstić information content (AvgIpc) is 2.98. The van der Waals surface area contributed by atoms with E-state index in [1.807, 2.05) is 0 Å². The monoisotopic (exact) mass is 605 g/mol. The summed E-state index contributed by atoms with van der Waals surface area (Å²) in [6, 6.07) is 22.4. The van der Waals surface area contributed by atoms with Gasteiger partial charge in [0, 0.05) is 21.8 Å². The van der Waals surface area contributed by atoms with Crippen molar-refractivity contribution in [3.8, 4) is 17.2 Å². The van der Waals surface area contributed by atoms with Crippen LogP contribution in [0, 0.1) is 0 Å². The molecule has 0 saturated heterocycles. The second-order valence-electron chi connectivity index (χ2n) is 8.61. The Kier molecular flexibility index (Phi) is 10.1. The maximum Gasteiger partial charge on any atom is 0.345 e. The predicted molar refractivity (Wildman–Crippen MR) is 161 cm³/mol. The van der Waals surface area contributed by atoms with Crippen LogP contribution in [0.25, 0.3) is 0 Å². The molecule has 0 atom stereocenters. The van der Waals surface area contributed by atoms with E-state index in [9.17, 15) is 14.4 Å². The first-order valence-electron chi connectivity index (χ1n) is 12.6. The van der Waals surface area contributed by atoms with Crippen LogP contribution in [0.15, 0.2) is 90.0 Å². The zero-order valence-electron chi connectivity index (χ0n) is 22.5. The molecule has 0 aliphatic carbocycles. The SMILES string of the molecule is CCOc1cc(/C=N\NC(=O)c2ccc(NC(=O)c3ccc(OC)cc3)cc2)ccc1OC(=O)c1ccc(Cl)cc1Cl. The molecular formula is C31H25Cl2N3O6. The van der Waals surface area contributed by atoms with Gasteiger partial charge in [0.25, 0.3) is 11.8 Å². The number of nitrogens with one attached hydrogen (secondary N) is 2. The number of hydrazone groups is 1. The third-order valence-corrected chi connectivity index (χ3v) is 6.31. The Morgan fingerprint density at radius 2 is 1.52 bits per heavy atom. The van der Waals surface area contributed by atoms with E-state index in [-0.39, 0.29) is 22.2 Å². The molecular weight excluding hydrogens is 581 g/mol. The van der Waals surface area contributed by atoms with Gasteiger partial charge < -0.3 is 19.5 Å². The quantitative estimate of drug-likeness (QED) is 0.0906. The maximum absolute atomic E-state index is 12.6. The van der Waals surface area contributed by atoms with Crippen molar-refractivity contribution < 1.29 is 28.6 Å². The number of hydrogen-bond acceptors (Lipinski definition) is 7. The molecule has 2 N–H and O–H groups in total. The Morgan fingerprint density at radius 1 is 0.833 bits per heavy atom. The smallest absolute Gasteiger partial charge is 0.345 e. The van der Waals surface area contributed by atoms with Crippen molar-refractivity contribution in [3.05, 3.63) is 117 Å². The van der Waals surface area contributed by atoms with E-state index >= 15 is 0 Å². The second kappa shape index (κ2) is 14.2. The zero-order valence-corrected chi connectivity index (χ0v) is 24.0. The summed E-state index contributed by atoms with van der Waals surface area (Å²) in [6.45, 7) is 2.11. The van der Waals surface area contributed by atoms with E-state index in [1.54, 1.807) is 80.8 Å². The molecule has 0 unspecified atom stereocenters. The lowest BCUT2D eigenvalue weighted by Gasteiger charge is -2.12. The molecule has 0 bridgehead atoms. The lowest BCUT2D eigenvalue weighted by atomic mass is 10.1. The number of anilines is 1. The van der Waals surface area contributed by atoms with E-state index in [2.05, 4.69) is 15.8 Å². The molecule has 0 fully saturated rings. The second-order valence-corrected chi connectivity index (χ2v) is 9.46. The standard InChI is InChI=1S/C31H25Cl2N3O6/c1-3-41-28-16-19(4-15-27(28)42-31(39)25-14-9-22(32)17-26(25)33)18-34-36-30(38)21-5-10-23(11-6-21)35-29(37)20-7-12-24(40-2)13-8-20/h4-18H,3H2,1-2H3,(H,35,37)(H,36,38)/b34-18-. The van der Waals surface area contributed by atoms with Crippen molar-refractivity contribution >= 4 is 52.9 Å². The van der Waals surface area contributed by atoms with E-state index in [0.717, 1.165) is 0 Å². The Balaban J connectivity index is 1.36. The highest BCUT2D eigenvalue weighted by molar-refractivity contribution is 6.36. The van der Waals surface area contributed by atoms with Crippen LogP contribution in [-0.2, 0) is 0 Å². The number of hydrogen-bond donors (Lipinski definition) is 2. The molecule has 0 aromatic heterocycles. The molecule has 0 aliphatic rings. The summed E-state index contributed by atoms with van der Waals surface area (Å²) in [7, 11) is 1.55. The van der Waals surface area contributed by atoms with Gasteiger partial charge in [-0.1, -0.05) is 23.2 Å². The number of benzene rings is 4. The maximum atomic E-state index is 12.6. The molecule has 11 heteroatoms. The number of nitrogens with zero attached hydrogens (tertiary/aromatic N) is 1. The average molecular weight is 606 g/mol. The predicted octanol–water partition coefficient (Wildman–Crippen LogP) is 6.64. The Bertz CT molecular complexity index is 1620. The van der Waals surface area contributed by atoms with Crippen LogP contribution in [0.4, 0.5) is 5.69 Å². The van der Waals surface area contributed by atoms with Crippen LogP contribution in [0.3, 0.4) is 0 Å². The normalized spacial score (nSPS) is 10.7. The van der Waals surface area contributed by atoms with Crippen molar-refractivity contribution in [1.82, 2.24) is 5.43 Å². The molecule has 2 amide bonds. The van der Waals surface area contributed by atoms with Gasteiger partial charge in [-0.3, -0.25) is 9.59 Å². The highest BCUT2D eigenvalue weighted by atomic mass is 35.5. The van der Waals surface area contributed by atoms with Gasteiger partial charge in [-0.25, -0.2) is 10.2 Å². The van der Waals surface area contributed by atoms with Gasteiger partial charge in [-0.15, -0.1) is 0 Å². The van der Waals surface area contributed by atoms with Crippen molar-refractivity contribution in [3.63, 3.8) is 0 Å². The minimum atomic E-state index is -0.669. The lowest BCUT2D eigenvalue weighted by molar-refractivity contribution is 0.0728. The zero-order chi connectivity index (χ0) is 30.1. The van der Waals surface area contributed by atoms with Crippen LogP contribution >= 0.6 is 23.2 Å². The van der Waals surface area contributed by atoms with Crippen LogP contribution in [-0.4, -0.2) is 37.7 Å². The van der Waals surface area contributed by atoms with Crippen molar-refractivity contribution in [1.29, 1.82) is 0 Å². The van der Waals surface area contributed by atoms with Crippen molar-refractivity contribution in [2.45, 2.75) is 6.92 Å². The summed E-state index contributed by atoms with van der Waals surface area (Å²) in [4.78, 5) is 37.6. The van der Waals surface area contributed by atoms with E-state index in [4.69, 9.17) is 37.4 Å². The van der Waals surface area contributed by atoms with Gasteiger partial charge in [-0.2, -0.15) is 5.10 Å². The largest absolute Gasteiger partial charge is 0.497 e. The Labute approximate surface area is 252 Å². The molecule has 214 valence electrons. The van der Waals surface area contributed by atoms with Gasteiger partial charge >= 0.3 is 5.97 Å². The molecule has 0 spiro atoms. The Morgan fingerprint density at radius 3 is 2.19 bits per heavy atom. The summed E-state index contributed by atoms with van der Waals surface area (Å²) in [5.41, 5.74) is 4.53. The number of amides is 2.